The van der Waals surface area contributed by atoms with Gasteiger partial charge in [-0.1, -0.05) is 23.9 Å². The lowest BCUT2D eigenvalue weighted by molar-refractivity contribution is 0.282. The molecule has 3 rings (SSSR count). The summed E-state index contributed by atoms with van der Waals surface area (Å²) in [5.74, 6) is 0. The summed E-state index contributed by atoms with van der Waals surface area (Å²) in [6.07, 6.45) is 3.64. The van der Waals surface area contributed by atoms with Gasteiger partial charge in [0.2, 0.25) is 0 Å². The smallest absolute Gasteiger partial charge is 0.259 e. The molecule has 0 saturated carbocycles. The second-order valence-electron chi connectivity index (χ2n) is 5.37. The molecule has 1 N–H and O–H groups in total. The number of hydrogen-bond donors (Lipinski definition) is 1. The Morgan fingerprint density at radius 3 is 2.74 bits per heavy atom. The van der Waals surface area contributed by atoms with Crippen molar-refractivity contribution in [1.29, 1.82) is 0 Å². The summed E-state index contributed by atoms with van der Waals surface area (Å²) in [5.41, 5.74) is 3.69. The number of rotatable bonds is 3. The van der Waals surface area contributed by atoms with E-state index in [-0.39, 0.29) is 12.2 Å². The van der Waals surface area contributed by atoms with Gasteiger partial charge >= 0.3 is 0 Å². The fourth-order valence-electron chi connectivity index (χ4n) is 2.58. The van der Waals surface area contributed by atoms with E-state index in [4.69, 9.17) is 0 Å². The van der Waals surface area contributed by atoms with Gasteiger partial charge in [-0.25, -0.2) is 9.97 Å². The largest absolute Gasteiger partial charge is 0.392 e. The first-order valence-corrected chi connectivity index (χ1v) is 8.39. The van der Waals surface area contributed by atoms with Crippen molar-refractivity contribution in [3.63, 3.8) is 0 Å². The van der Waals surface area contributed by atoms with E-state index in [1.54, 1.807) is 17.8 Å². The number of aromatic nitrogens is 3. The molecule has 23 heavy (non-hydrogen) atoms. The second-order valence-corrected chi connectivity index (χ2v) is 6.14. The molecule has 0 aliphatic carbocycles. The molecule has 0 unspecified atom stereocenters. The standard InChI is InChI=1S/C17H17N3O2S/c1-10-4-5-11(9-21)6-13(10)14-7-12-8-18-17(23-3)19-15(12)20(2)16(14)22/h4-8,21H,9H2,1-3H3. The molecule has 0 spiro atoms. The van der Waals surface area contributed by atoms with Crippen LogP contribution in [0.25, 0.3) is 22.2 Å². The van der Waals surface area contributed by atoms with Crippen molar-refractivity contribution in [3.05, 3.63) is 51.9 Å². The van der Waals surface area contributed by atoms with Gasteiger partial charge in [0.15, 0.2) is 5.16 Å². The zero-order chi connectivity index (χ0) is 16.6. The molecule has 3 aromatic rings. The van der Waals surface area contributed by atoms with Crippen molar-refractivity contribution >= 4 is 22.8 Å². The Morgan fingerprint density at radius 1 is 1.26 bits per heavy atom. The number of fused-ring (bicyclic) bond motifs is 1. The number of hydrogen-bond acceptors (Lipinski definition) is 5. The summed E-state index contributed by atoms with van der Waals surface area (Å²) in [7, 11) is 1.72. The van der Waals surface area contributed by atoms with Crippen LogP contribution in [0.15, 0.2) is 40.4 Å². The molecular weight excluding hydrogens is 310 g/mol. The molecule has 0 atom stereocenters. The van der Waals surface area contributed by atoms with E-state index >= 15 is 0 Å². The summed E-state index contributed by atoms with van der Waals surface area (Å²) in [4.78, 5) is 21.5. The van der Waals surface area contributed by atoms with E-state index in [9.17, 15) is 9.90 Å². The average molecular weight is 327 g/mol. The summed E-state index contributed by atoms with van der Waals surface area (Å²) in [6.45, 7) is 1.90. The van der Waals surface area contributed by atoms with Crippen LogP contribution in [0.3, 0.4) is 0 Å². The summed E-state index contributed by atoms with van der Waals surface area (Å²) >= 11 is 1.44. The number of aliphatic hydroxyl groups is 1. The van der Waals surface area contributed by atoms with Crippen LogP contribution in [0.5, 0.6) is 0 Å². The molecule has 0 fully saturated rings. The molecule has 0 bridgehead atoms. The summed E-state index contributed by atoms with van der Waals surface area (Å²) < 4.78 is 1.55. The molecule has 5 nitrogen and oxygen atoms in total. The van der Waals surface area contributed by atoms with Gasteiger partial charge in [0.25, 0.3) is 5.56 Å². The number of thioether (sulfide) groups is 1. The van der Waals surface area contributed by atoms with Crippen LogP contribution in [-0.2, 0) is 13.7 Å². The van der Waals surface area contributed by atoms with Gasteiger partial charge in [-0.3, -0.25) is 9.36 Å². The van der Waals surface area contributed by atoms with Crippen LogP contribution in [0.2, 0.25) is 0 Å². The van der Waals surface area contributed by atoms with Crippen LogP contribution in [0.4, 0.5) is 0 Å². The normalized spacial score (nSPS) is 11.1. The predicted octanol–water partition coefficient (Wildman–Crippen LogP) is 2.52. The molecule has 0 amide bonds. The van der Waals surface area contributed by atoms with E-state index in [1.165, 1.54) is 11.8 Å². The van der Waals surface area contributed by atoms with Gasteiger partial charge in [-0.15, -0.1) is 0 Å². The monoisotopic (exact) mass is 327 g/mol. The Bertz CT molecular complexity index is 950. The molecule has 0 saturated heterocycles. The summed E-state index contributed by atoms with van der Waals surface area (Å²) in [6, 6.07) is 7.45. The number of aliphatic hydroxyl groups excluding tert-OH is 1. The van der Waals surface area contributed by atoms with Gasteiger partial charge in [-0.2, -0.15) is 0 Å². The van der Waals surface area contributed by atoms with E-state index in [0.29, 0.717) is 16.4 Å². The molecule has 2 aromatic heterocycles. The minimum atomic E-state index is -0.110. The molecular formula is C17H17N3O2S. The van der Waals surface area contributed by atoms with Crippen LogP contribution < -0.4 is 5.56 Å². The van der Waals surface area contributed by atoms with Crippen molar-refractivity contribution in [1.82, 2.24) is 14.5 Å². The highest BCUT2D eigenvalue weighted by molar-refractivity contribution is 7.98. The maximum Gasteiger partial charge on any atom is 0.259 e. The van der Waals surface area contributed by atoms with Gasteiger partial charge in [-0.05, 0) is 42.0 Å². The first kappa shape index (κ1) is 15.7. The topological polar surface area (TPSA) is 68.0 Å². The zero-order valence-electron chi connectivity index (χ0n) is 13.2. The highest BCUT2D eigenvalue weighted by Crippen LogP contribution is 2.25. The summed E-state index contributed by atoms with van der Waals surface area (Å²) in [5, 5.41) is 10.8. The molecule has 0 radical (unpaired) electrons. The Kier molecular flexibility index (Phi) is 4.19. The van der Waals surface area contributed by atoms with Gasteiger partial charge in [0, 0.05) is 24.2 Å². The highest BCUT2D eigenvalue weighted by atomic mass is 32.2. The maximum absolute atomic E-state index is 12.8. The number of benzene rings is 1. The molecule has 118 valence electrons. The third kappa shape index (κ3) is 2.75. The Labute approximate surface area is 138 Å². The van der Waals surface area contributed by atoms with Crippen molar-refractivity contribution < 1.29 is 5.11 Å². The number of pyridine rings is 1. The highest BCUT2D eigenvalue weighted by Gasteiger charge is 2.13. The minimum Gasteiger partial charge on any atom is -0.392 e. The molecule has 6 heteroatoms. The van der Waals surface area contributed by atoms with Crippen molar-refractivity contribution in [2.75, 3.05) is 6.26 Å². The fraction of sp³-hybridized carbons (Fsp3) is 0.235. The van der Waals surface area contributed by atoms with Gasteiger partial charge in [0.05, 0.1) is 6.61 Å². The van der Waals surface area contributed by atoms with Crippen LogP contribution in [0, 0.1) is 6.92 Å². The van der Waals surface area contributed by atoms with Gasteiger partial charge in [0.1, 0.15) is 5.65 Å². The first-order chi connectivity index (χ1) is 11.0. The SMILES string of the molecule is CSc1ncc2cc(-c3cc(CO)ccc3C)c(=O)n(C)c2n1. The number of aryl methyl sites for hydroxylation is 2. The van der Waals surface area contributed by atoms with E-state index < -0.39 is 0 Å². The van der Waals surface area contributed by atoms with Gasteiger partial charge < -0.3 is 5.11 Å². The van der Waals surface area contributed by atoms with Crippen molar-refractivity contribution in [2.45, 2.75) is 18.7 Å². The molecule has 0 aliphatic rings. The average Bonchev–Trinajstić information content (AvgIpc) is 2.58. The van der Waals surface area contributed by atoms with E-state index in [1.807, 2.05) is 37.4 Å². The van der Waals surface area contributed by atoms with Crippen molar-refractivity contribution in [2.24, 2.45) is 7.05 Å². The fourth-order valence-corrected chi connectivity index (χ4v) is 2.92. The lowest BCUT2D eigenvalue weighted by Crippen LogP contribution is -2.20. The van der Waals surface area contributed by atoms with Crippen LogP contribution >= 0.6 is 11.8 Å². The molecule has 0 aliphatic heterocycles. The van der Waals surface area contributed by atoms with Crippen LogP contribution in [0.1, 0.15) is 11.1 Å². The lowest BCUT2D eigenvalue weighted by atomic mass is 9.98. The predicted molar refractivity (Wildman–Crippen MR) is 92.7 cm³/mol. The minimum absolute atomic E-state index is 0.0542. The Hall–Kier alpha value is -2.18. The lowest BCUT2D eigenvalue weighted by Gasteiger charge is -2.11. The quantitative estimate of drug-likeness (QED) is 0.591. The number of nitrogens with zero attached hydrogens (tertiary/aromatic N) is 3. The van der Waals surface area contributed by atoms with E-state index in [0.717, 1.165) is 22.1 Å². The van der Waals surface area contributed by atoms with Crippen molar-refractivity contribution in [3.8, 4) is 11.1 Å². The first-order valence-electron chi connectivity index (χ1n) is 7.16. The maximum atomic E-state index is 12.8. The Balaban J connectivity index is 2.31. The van der Waals surface area contributed by atoms with Crippen LogP contribution in [-0.4, -0.2) is 25.9 Å². The zero-order valence-corrected chi connectivity index (χ0v) is 14.0. The third-order valence-electron chi connectivity index (χ3n) is 3.88. The Morgan fingerprint density at radius 2 is 2.04 bits per heavy atom. The third-order valence-corrected chi connectivity index (χ3v) is 4.45. The molecule has 2 heterocycles. The van der Waals surface area contributed by atoms with E-state index in [2.05, 4.69) is 9.97 Å². The molecule has 1 aromatic carbocycles. The second kappa shape index (κ2) is 6.14.